The molecule has 0 spiro atoms. The number of benzene rings is 2. The topological polar surface area (TPSA) is 108 Å². The van der Waals surface area contributed by atoms with Gasteiger partial charge in [-0.3, -0.25) is 10.1 Å². The fourth-order valence-corrected chi connectivity index (χ4v) is 4.00. The first kappa shape index (κ1) is 24.7. The van der Waals surface area contributed by atoms with Gasteiger partial charge in [-0.1, -0.05) is 12.1 Å². The van der Waals surface area contributed by atoms with Gasteiger partial charge < -0.3 is 15.1 Å². The summed E-state index contributed by atoms with van der Waals surface area (Å²) in [6.07, 6.45) is 0. The van der Waals surface area contributed by atoms with Crippen molar-refractivity contribution in [1.29, 1.82) is 0 Å². The van der Waals surface area contributed by atoms with Gasteiger partial charge in [0.25, 0.3) is 5.69 Å². The lowest BCUT2D eigenvalue weighted by molar-refractivity contribution is -0.384. The van der Waals surface area contributed by atoms with E-state index in [1.54, 1.807) is 12.1 Å². The van der Waals surface area contributed by atoms with Crippen molar-refractivity contribution in [3.63, 3.8) is 0 Å². The highest BCUT2D eigenvalue weighted by molar-refractivity contribution is 7.89. The number of nitrogens with one attached hydrogen (secondary N) is 2. The standard InChI is InChI=1S/C20H28FN5O4S/c1-24(2)12-11-23-31(29,30)17-9-10-18(19(13-17)26(27)28)22-14-20(25(3)4)15-5-7-16(21)8-6-15/h5-10,13,20,22-23H,11-12,14H2,1-4H3. The summed E-state index contributed by atoms with van der Waals surface area (Å²) in [7, 11) is 3.44. The number of sulfonamides is 1. The number of likely N-dealkylation sites (N-methyl/N-ethyl adjacent to an activating group) is 2. The Morgan fingerprint density at radius 2 is 1.74 bits per heavy atom. The van der Waals surface area contributed by atoms with E-state index < -0.39 is 14.9 Å². The number of nitro groups is 1. The average molecular weight is 454 g/mol. The van der Waals surface area contributed by atoms with Crippen LogP contribution in [0, 0.1) is 15.9 Å². The zero-order valence-electron chi connectivity index (χ0n) is 18.0. The van der Waals surface area contributed by atoms with Crippen LogP contribution >= 0.6 is 0 Å². The molecule has 0 saturated heterocycles. The summed E-state index contributed by atoms with van der Waals surface area (Å²) in [5.41, 5.74) is 0.698. The SMILES string of the molecule is CN(C)CCNS(=O)(=O)c1ccc(NCC(c2ccc(F)cc2)N(C)C)c([N+](=O)[O-])c1. The maximum Gasteiger partial charge on any atom is 0.293 e. The van der Waals surface area contributed by atoms with E-state index in [-0.39, 0.29) is 34.7 Å². The summed E-state index contributed by atoms with van der Waals surface area (Å²) in [5.74, 6) is -0.346. The van der Waals surface area contributed by atoms with E-state index in [4.69, 9.17) is 0 Å². The molecule has 0 amide bonds. The molecular formula is C20H28FN5O4S. The van der Waals surface area contributed by atoms with Gasteiger partial charge in [-0.15, -0.1) is 0 Å². The van der Waals surface area contributed by atoms with Gasteiger partial charge in [0.1, 0.15) is 11.5 Å². The van der Waals surface area contributed by atoms with Gasteiger partial charge >= 0.3 is 0 Å². The maximum absolute atomic E-state index is 13.2. The second-order valence-corrected chi connectivity index (χ2v) is 9.32. The predicted molar refractivity (Wildman–Crippen MR) is 118 cm³/mol. The van der Waals surface area contributed by atoms with E-state index in [9.17, 15) is 22.9 Å². The molecule has 31 heavy (non-hydrogen) atoms. The molecule has 0 fully saturated rings. The van der Waals surface area contributed by atoms with Gasteiger partial charge in [0.05, 0.1) is 15.9 Å². The summed E-state index contributed by atoms with van der Waals surface area (Å²) < 4.78 is 40.6. The molecule has 2 aromatic rings. The van der Waals surface area contributed by atoms with E-state index in [1.807, 2.05) is 38.0 Å². The molecule has 1 unspecified atom stereocenters. The number of hydrogen-bond acceptors (Lipinski definition) is 7. The molecule has 170 valence electrons. The van der Waals surface area contributed by atoms with Crippen molar-refractivity contribution < 1.29 is 17.7 Å². The summed E-state index contributed by atoms with van der Waals surface area (Å²) in [6, 6.07) is 9.61. The van der Waals surface area contributed by atoms with Crippen molar-refractivity contribution in [2.45, 2.75) is 10.9 Å². The minimum atomic E-state index is -3.87. The molecule has 0 radical (unpaired) electrons. The van der Waals surface area contributed by atoms with E-state index in [1.165, 1.54) is 24.3 Å². The second kappa shape index (κ2) is 10.6. The fourth-order valence-electron chi connectivity index (χ4n) is 2.96. The van der Waals surface area contributed by atoms with Crippen LogP contribution in [0.3, 0.4) is 0 Å². The number of anilines is 1. The van der Waals surface area contributed by atoms with Crippen LogP contribution in [0.4, 0.5) is 15.8 Å². The molecule has 2 N–H and O–H groups in total. The number of hydrogen-bond donors (Lipinski definition) is 2. The normalized spacial score (nSPS) is 12.9. The molecule has 0 heterocycles. The second-order valence-electron chi connectivity index (χ2n) is 7.55. The van der Waals surface area contributed by atoms with E-state index in [2.05, 4.69) is 10.0 Å². The van der Waals surface area contributed by atoms with Crippen molar-refractivity contribution in [3.8, 4) is 0 Å². The highest BCUT2D eigenvalue weighted by Gasteiger charge is 2.22. The van der Waals surface area contributed by atoms with Crippen molar-refractivity contribution in [2.24, 2.45) is 0 Å². The highest BCUT2D eigenvalue weighted by atomic mass is 32.2. The molecule has 2 rings (SSSR count). The maximum atomic E-state index is 13.2. The van der Waals surface area contributed by atoms with Crippen LogP contribution in [0.5, 0.6) is 0 Å². The van der Waals surface area contributed by atoms with Crippen LogP contribution in [0.25, 0.3) is 0 Å². The lowest BCUT2D eigenvalue weighted by Gasteiger charge is -2.25. The van der Waals surface area contributed by atoms with Crippen molar-refractivity contribution in [1.82, 2.24) is 14.5 Å². The van der Waals surface area contributed by atoms with Crippen molar-refractivity contribution in [2.75, 3.05) is 53.1 Å². The summed E-state index contributed by atoms with van der Waals surface area (Å²) in [4.78, 5) is 14.5. The monoisotopic (exact) mass is 453 g/mol. The fraction of sp³-hybridized carbons (Fsp3) is 0.400. The van der Waals surface area contributed by atoms with Crippen molar-refractivity contribution >= 4 is 21.4 Å². The number of rotatable bonds is 11. The van der Waals surface area contributed by atoms with E-state index in [0.29, 0.717) is 13.1 Å². The minimum absolute atomic E-state index is 0.175. The third kappa shape index (κ3) is 6.96. The van der Waals surface area contributed by atoms with Crippen LogP contribution in [0.2, 0.25) is 0 Å². The zero-order chi connectivity index (χ0) is 23.2. The van der Waals surface area contributed by atoms with Crippen LogP contribution in [-0.2, 0) is 10.0 Å². The Morgan fingerprint density at radius 1 is 1.10 bits per heavy atom. The van der Waals surface area contributed by atoms with Crippen LogP contribution in [-0.4, -0.2) is 71.0 Å². The molecule has 9 nitrogen and oxygen atoms in total. The molecule has 0 saturated carbocycles. The largest absolute Gasteiger partial charge is 0.378 e. The Kier molecular flexibility index (Phi) is 8.45. The van der Waals surface area contributed by atoms with Crippen molar-refractivity contribution in [3.05, 3.63) is 64.0 Å². The third-order valence-corrected chi connectivity index (χ3v) is 6.15. The van der Waals surface area contributed by atoms with Crippen LogP contribution in [0.15, 0.2) is 47.4 Å². The summed E-state index contributed by atoms with van der Waals surface area (Å²) in [5, 5.41) is 14.6. The first-order valence-corrected chi connectivity index (χ1v) is 11.1. The Labute approximate surface area is 182 Å². The van der Waals surface area contributed by atoms with Gasteiger partial charge in [-0.05, 0) is 58.0 Å². The third-order valence-electron chi connectivity index (χ3n) is 4.69. The first-order valence-electron chi connectivity index (χ1n) is 9.60. The quantitative estimate of drug-likeness (QED) is 0.397. The van der Waals surface area contributed by atoms with Gasteiger partial charge in [0.2, 0.25) is 10.0 Å². The molecule has 11 heteroatoms. The first-order chi connectivity index (χ1) is 14.5. The Hall–Kier alpha value is -2.60. The number of nitrogens with zero attached hydrogens (tertiary/aromatic N) is 3. The minimum Gasteiger partial charge on any atom is -0.378 e. The number of halogens is 1. The molecule has 0 aliphatic heterocycles. The lowest BCUT2D eigenvalue weighted by atomic mass is 10.1. The highest BCUT2D eigenvalue weighted by Crippen LogP contribution is 2.29. The smallest absolute Gasteiger partial charge is 0.293 e. The van der Waals surface area contributed by atoms with Gasteiger partial charge in [0.15, 0.2) is 0 Å². The molecule has 0 aliphatic carbocycles. The predicted octanol–water partition coefficient (Wildman–Crippen LogP) is 2.29. The molecule has 0 bridgehead atoms. The zero-order valence-corrected chi connectivity index (χ0v) is 18.8. The van der Waals surface area contributed by atoms with Gasteiger partial charge in [-0.25, -0.2) is 17.5 Å². The van der Waals surface area contributed by atoms with Gasteiger partial charge in [-0.2, -0.15) is 0 Å². The van der Waals surface area contributed by atoms with Crippen LogP contribution < -0.4 is 10.0 Å². The number of nitro benzene ring substituents is 1. The average Bonchev–Trinajstić information content (AvgIpc) is 2.68. The van der Waals surface area contributed by atoms with Crippen LogP contribution in [0.1, 0.15) is 11.6 Å². The molecular weight excluding hydrogens is 425 g/mol. The van der Waals surface area contributed by atoms with E-state index >= 15 is 0 Å². The Bertz CT molecular complexity index is 997. The summed E-state index contributed by atoms with van der Waals surface area (Å²) in [6.45, 7) is 0.980. The summed E-state index contributed by atoms with van der Waals surface area (Å²) >= 11 is 0. The van der Waals surface area contributed by atoms with E-state index in [0.717, 1.165) is 11.6 Å². The molecule has 2 aromatic carbocycles. The molecule has 0 aliphatic rings. The lowest BCUT2D eigenvalue weighted by Crippen LogP contribution is -2.31. The molecule has 1 atom stereocenters. The van der Waals surface area contributed by atoms with Gasteiger partial charge in [0, 0.05) is 25.7 Å². The Morgan fingerprint density at radius 3 is 2.29 bits per heavy atom. The molecule has 0 aromatic heterocycles. The Balaban J connectivity index is 2.22.